The standard InChI is InChI=1S/C31H40N2O4/c1-5-7-10-27-32-31(19-8-9-20-31)28(34)33(27)22-25-13-11-23(12-14-25)21-24-15-17-26(18-16-24)37-30(3,4)29(35)36-6-2/h11-18H,5-10,19-22H2,1-4H3. The summed E-state index contributed by atoms with van der Waals surface area (Å²) in [4.78, 5) is 32.4. The van der Waals surface area contributed by atoms with E-state index in [1.807, 2.05) is 29.2 Å². The number of ether oxygens (including phenoxy) is 2. The third kappa shape index (κ3) is 6.23. The van der Waals surface area contributed by atoms with Gasteiger partial charge in [0.05, 0.1) is 13.2 Å². The van der Waals surface area contributed by atoms with Crippen LogP contribution in [0.5, 0.6) is 5.75 Å². The molecule has 0 bridgehead atoms. The smallest absolute Gasteiger partial charge is 0.349 e. The van der Waals surface area contributed by atoms with Crippen molar-refractivity contribution >= 4 is 17.7 Å². The zero-order valence-electron chi connectivity index (χ0n) is 22.7. The van der Waals surface area contributed by atoms with Gasteiger partial charge in [0.15, 0.2) is 5.60 Å². The molecule has 2 aromatic rings. The van der Waals surface area contributed by atoms with Crippen molar-refractivity contribution in [2.45, 2.75) is 96.7 Å². The van der Waals surface area contributed by atoms with Crippen molar-refractivity contribution in [1.29, 1.82) is 0 Å². The second-order valence-corrected chi connectivity index (χ2v) is 10.7. The number of amides is 1. The second-order valence-electron chi connectivity index (χ2n) is 10.7. The van der Waals surface area contributed by atoms with Crippen LogP contribution >= 0.6 is 0 Å². The number of carbonyl (C=O) groups excluding carboxylic acids is 2. The van der Waals surface area contributed by atoms with Gasteiger partial charge < -0.3 is 9.47 Å². The molecule has 0 radical (unpaired) electrons. The van der Waals surface area contributed by atoms with Crippen molar-refractivity contribution in [3.05, 3.63) is 65.2 Å². The first-order valence-electron chi connectivity index (χ1n) is 13.7. The lowest BCUT2D eigenvalue weighted by Gasteiger charge is -2.24. The summed E-state index contributed by atoms with van der Waals surface area (Å²) in [5.41, 5.74) is 1.96. The Morgan fingerprint density at radius 2 is 1.57 bits per heavy atom. The highest BCUT2D eigenvalue weighted by Crippen LogP contribution is 2.40. The van der Waals surface area contributed by atoms with E-state index in [9.17, 15) is 9.59 Å². The van der Waals surface area contributed by atoms with Gasteiger partial charge in [0.25, 0.3) is 5.91 Å². The maximum Gasteiger partial charge on any atom is 0.349 e. The lowest BCUT2D eigenvalue weighted by Crippen LogP contribution is -2.40. The minimum Gasteiger partial charge on any atom is -0.476 e. The summed E-state index contributed by atoms with van der Waals surface area (Å²) in [6.45, 7) is 8.30. The Bertz CT molecular complexity index is 1110. The summed E-state index contributed by atoms with van der Waals surface area (Å²) < 4.78 is 11.0. The number of benzene rings is 2. The SMILES string of the molecule is CCCCC1=NC2(CCCC2)C(=O)N1Cc1ccc(Cc2ccc(OC(C)(C)C(=O)OCC)cc2)cc1. The highest BCUT2D eigenvalue weighted by atomic mass is 16.6. The van der Waals surface area contributed by atoms with Crippen molar-refractivity contribution in [3.8, 4) is 5.75 Å². The van der Waals surface area contributed by atoms with Crippen LogP contribution in [0.3, 0.4) is 0 Å². The third-order valence-corrected chi connectivity index (χ3v) is 7.32. The van der Waals surface area contributed by atoms with Gasteiger partial charge in [0, 0.05) is 6.42 Å². The number of esters is 1. The van der Waals surface area contributed by atoms with Crippen molar-refractivity contribution in [1.82, 2.24) is 4.90 Å². The average Bonchev–Trinajstić information content (AvgIpc) is 3.46. The number of amidine groups is 1. The molecule has 1 heterocycles. The topological polar surface area (TPSA) is 68.2 Å². The van der Waals surface area contributed by atoms with Crippen LogP contribution in [0.15, 0.2) is 53.5 Å². The van der Waals surface area contributed by atoms with E-state index in [2.05, 4.69) is 31.2 Å². The Morgan fingerprint density at radius 1 is 0.973 bits per heavy atom. The number of unbranched alkanes of at least 4 members (excludes halogenated alkanes) is 1. The molecule has 1 aliphatic heterocycles. The number of aliphatic imine (C=N–C) groups is 1. The van der Waals surface area contributed by atoms with Gasteiger partial charge in [0.2, 0.25) is 0 Å². The molecule has 1 amide bonds. The normalized spacial score (nSPS) is 16.8. The molecule has 2 aliphatic rings. The summed E-state index contributed by atoms with van der Waals surface area (Å²) in [6, 6.07) is 16.3. The summed E-state index contributed by atoms with van der Waals surface area (Å²) in [7, 11) is 0. The molecule has 6 heteroatoms. The predicted molar refractivity (Wildman–Crippen MR) is 146 cm³/mol. The van der Waals surface area contributed by atoms with Crippen LogP contribution in [0, 0.1) is 0 Å². The van der Waals surface area contributed by atoms with Gasteiger partial charge in [-0.05, 0) is 75.3 Å². The molecular weight excluding hydrogens is 464 g/mol. The van der Waals surface area contributed by atoms with Crippen LogP contribution < -0.4 is 4.74 Å². The molecular formula is C31H40N2O4. The van der Waals surface area contributed by atoms with Gasteiger partial charge in [-0.3, -0.25) is 14.7 Å². The lowest BCUT2D eigenvalue weighted by molar-refractivity contribution is -0.158. The lowest BCUT2D eigenvalue weighted by atomic mass is 9.98. The van der Waals surface area contributed by atoms with E-state index in [1.54, 1.807) is 20.8 Å². The van der Waals surface area contributed by atoms with Gasteiger partial charge in [-0.15, -0.1) is 0 Å². The molecule has 0 saturated heterocycles. The van der Waals surface area contributed by atoms with E-state index in [1.165, 1.54) is 5.56 Å². The quantitative estimate of drug-likeness (QED) is 0.340. The molecule has 1 fully saturated rings. The van der Waals surface area contributed by atoms with E-state index in [0.717, 1.165) is 68.3 Å². The number of hydrogen-bond donors (Lipinski definition) is 0. The minimum atomic E-state index is -1.04. The third-order valence-electron chi connectivity index (χ3n) is 7.32. The molecule has 0 atom stereocenters. The molecule has 0 N–H and O–H groups in total. The molecule has 0 unspecified atom stereocenters. The van der Waals surface area contributed by atoms with E-state index in [-0.39, 0.29) is 11.9 Å². The molecule has 4 rings (SSSR count). The van der Waals surface area contributed by atoms with Crippen LogP contribution in [-0.4, -0.2) is 40.4 Å². The molecule has 37 heavy (non-hydrogen) atoms. The fourth-order valence-electron chi connectivity index (χ4n) is 5.20. The van der Waals surface area contributed by atoms with Crippen molar-refractivity contribution in [2.24, 2.45) is 4.99 Å². The molecule has 1 spiro atoms. The average molecular weight is 505 g/mol. The fraction of sp³-hybridized carbons (Fsp3) is 0.516. The number of hydrogen-bond acceptors (Lipinski definition) is 5. The Morgan fingerprint density at radius 3 is 2.16 bits per heavy atom. The molecule has 198 valence electrons. The zero-order chi connectivity index (χ0) is 26.5. The van der Waals surface area contributed by atoms with Gasteiger partial charge in [0.1, 0.15) is 17.1 Å². The number of rotatable bonds is 11. The van der Waals surface area contributed by atoms with Crippen molar-refractivity contribution < 1.29 is 19.1 Å². The van der Waals surface area contributed by atoms with Crippen molar-refractivity contribution in [3.63, 3.8) is 0 Å². The maximum atomic E-state index is 13.4. The van der Waals surface area contributed by atoms with Crippen LogP contribution in [0.1, 0.15) is 89.3 Å². The first kappa shape index (κ1) is 26.9. The molecule has 1 saturated carbocycles. The van der Waals surface area contributed by atoms with Crippen LogP contribution in [-0.2, 0) is 27.3 Å². The monoisotopic (exact) mass is 504 g/mol. The van der Waals surface area contributed by atoms with E-state index < -0.39 is 11.1 Å². The minimum absolute atomic E-state index is 0.202. The Kier molecular flexibility index (Phi) is 8.35. The summed E-state index contributed by atoms with van der Waals surface area (Å²) >= 11 is 0. The Labute approximate surface area is 221 Å². The molecule has 2 aromatic carbocycles. The largest absolute Gasteiger partial charge is 0.476 e. The maximum absolute atomic E-state index is 13.4. The highest BCUT2D eigenvalue weighted by molar-refractivity contribution is 6.08. The van der Waals surface area contributed by atoms with Crippen molar-refractivity contribution in [2.75, 3.05) is 6.61 Å². The van der Waals surface area contributed by atoms with Gasteiger partial charge in [-0.25, -0.2) is 4.79 Å². The molecule has 6 nitrogen and oxygen atoms in total. The van der Waals surface area contributed by atoms with Gasteiger partial charge >= 0.3 is 5.97 Å². The van der Waals surface area contributed by atoms with Crippen LogP contribution in [0.4, 0.5) is 0 Å². The number of carbonyl (C=O) groups is 2. The van der Waals surface area contributed by atoms with E-state index >= 15 is 0 Å². The first-order valence-corrected chi connectivity index (χ1v) is 13.7. The molecule has 0 aromatic heterocycles. The van der Waals surface area contributed by atoms with E-state index in [0.29, 0.717) is 18.9 Å². The van der Waals surface area contributed by atoms with Crippen LogP contribution in [0.2, 0.25) is 0 Å². The van der Waals surface area contributed by atoms with Gasteiger partial charge in [-0.2, -0.15) is 0 Å². The van der Waals surface area contributed by atoms with E-state index in [4.69, 9.17) is 14.5 Å². The fourth-order valence-corrected chi connectivity index (χ4v) is 5.20. The Balaban J connectivity index is 1.37. The summed E-state index contributed by atoms with van der Waals surface area (Å²) in [6.07, 6.45) is 7.78. The summed E-state index contributed by atoms with van der Waals surface area (Å²) in [5, 5.41) is 0. The zero-order valence-corrected chi connectivity index (χ0v) is 22.7. The second kappa shape index (κ2) is 11.5. The number of nitrogens with zero attached hydrogens (tertiary/aromatic N) is 2. The van der Waals surface area contributed by atoms with Gasteiger partial charge in [-0.1, -0.05) is 62.6 Å². The Hall–Kier alpha value is -3.15. The summed E-state index contributed by atoms with van der Waals surface area (Å²) in [5.74, 6) is 1.44. The first-order chi connectivity index (χ1) is 17.8. The van der Waals surface area contributed by atoms with Crippen LogP contribution in [0.25, 0.3) is 0 Å². The predicted octanol–water partition coefficient (Wildman–Crippen LogP) is 6.24. The molecule has 1 aliphatic carbocycles. The highest BCUT2D eigenvalue weighted by Gasteiger charge is 2.49.